The van der Waals surface area contributed by atoms with Crippen LogP contribution >= 0.6 is 72.2 Å². The molecule has 9 heteroatoms. The van der Waals surface area contributed by atoms with Crippen LogP contribution in [0.1, 0.15) is 38.5 Å². The van der Waals surface area contributed by atoms with E-state index in [1.54, 1.807) is 38.5 Å². The lowest BCUT2D eigenvalue weighted by Crippen LogP contribution is -2.24. The maximum Gasteiger partial charge on any atom is -0.0142 e. The van der Waals surface area contributed by atoms with Gasteiger partial charge >= 0.3 is 0 Å². The van der Waals surface area contributed by atoms with Crippen molar-refractivity contribution in [2.45, 2.75) is 49.8 Å². The van der Waals surface area contributed by atoms with Gasteiger partial charge < -0.3 is 0 Å². The normalized spacial score (nSPS) is 37.6. The molecule has 0 amide bonds. The first-order valence-corrected chi connectivity index (χ1v) is 22.2. The van der Waals surface area contributed by atoms with Gasteiger partial charge in [-0.2, -0.15) is 0 Å². The summed E-state index contributed by atoms with van der Waals surface area (Å²) < 4.78 is 0. The Bertz CT molecular complexity index is 225. The fourth-order valence-corrected chi connectivity index (χ4v) is 72.2. The predicted octanol–water partition coefficient (Wildman–Crippen LogP) is 7.52. The fourth-order valence-electron chi connectivity index (χ4n) is 2.98. The lowest BCUT2D eigenvalue weighted by molar-refractivity contribution is 0.481. The summed E-state index contributed by atoms with van der Waals surface area (Å²) in [6, 6.07) is 0. The quantitative estimate of drug-likeness (QED) is 0.430. The van der Waals surface area contributed by atoms with E-state index < -0.39 is 0 Å². The highest BCUT2D eigenvalue weighted by Crippen LogP contribution is 3.11. The van der Waals surface area contributed by atoms with Crippen LogP contribution in [0.3, 0.4) is 0 Å². The first-order valence-electron chi connectivity index (χ1n) is 6.04. The maximum atomic E-state index is 3.26. The monoisotopic (exact) mass is 398 g/mol. The van der Waals surface area contributed by atoms with Crippen molar-refractivity contribution in [3.63, 3.8) is 0 Å². The third-order valence-electron chi connectivity index (χ3n) is 3.64. The molecule has 0 radical (unpaired) electrons. The van der Waals surface area contributed by atoms with Crippen LogP contribution in [0.5, 0.6) is 0 Å². The van der Waals surface area contributed by atoms with E-state index in [0.717, 1.165) is 7.96 Å². The van der Waals surface area contributed by atoms with E-state index in [9.17, 15) is 0 Å². The van der Waals surface area contributed by atoms with Gasteiger partial charge in [0.2, 0.25) is 0 Å². The molecular weight excluding hydrogens is 375 g/mol. The molecule has 2 rings (SSSR count). The molecule has 17 heavy (non-hydrogen) atoms. The summed E-state index contributed by atoms with van der Waals surface area (Å²) in [5.41, 5.74) is 2.34. The topological polar surface area (TPSA) is 0 Å². The van der Waals surface area contributed by atoms with Crippen molar-refractivity contribution in [3.8, 4) is 0 Å². The largest absolute Gasteiger partial charge is 0.109 e. The van der Waals surface area contributed by atoms with E-state index in [4.69, 9.17) is 0 Å². The third kappa shape index (κ3) is 4.42. The highest BCUT2D eigenvalue weighted by molar-refractivity contribution is 9.11. The van der Waals surface area contributed by atoms with Gasteiger partial charge in [-0.15, -0.1) is 35.7 Å². The summed E-state index contributed by atoms with van der Waals surface area (Å²) in [6.45, 7) is 0.773. The zero-order valence-electron chi connectivity index (χ0n) is 10.00. The zero-order valence-corrected chi connectivity index (χ0v) is 19.2. The van der Waals surface area contributed by atoms with Crippen LogP contribution in [0.2, 0.25) is 0 Å². The molecular formula is C8H23P9. The Hall–Kier alpha value is 3.87. The van der Waals surface area contributed by atoms with Crippen LogP contribution in [0, 0.1) is 0 Å². The lowest BCUT2D eigenvalue weighted by Gasteiger charge is -2.49. The molecule has 2 heterocycles. The molecule has 0 aromatic heterocycles. The summed E-state index contributed by atoms with van der Waals surface area (Å²) in [4.78, 5) is 0. The Morgan fingerprint density at radius 3 is 1.76 bits per heavy atom. The van der Waals surface area contributed by atoms with Crippen molar-refractivity contribution in [3.05, 3.63) is 0 Å². The summed E-state index contributed by atoms with van der Waals surface area (Å²) in [6.07, 6.45) is 9.39. The van der Waals surface area contributed by atoms with Crippen molar-refractivity contribution in [2.75, 3.05) is 0 Å². The molecule has 2 fully saturated rings. The molecule has 0 nitrogen and oxygen atoms in total. The Kier molecular flexibility index (Phi) is 8.60. The van der Waals surface area contributed by atoms with Gasteiger partial charge in [0.25, 0.3) is 0 Å². The molecule has 0 aliphatic carbocycles. The standard InChI is InChI=1S/C8H23P9/c9-13-16(12)17(15(10)11)14-7-3-1-4-8(14)6-2-5-7/h7-8,13H,1-6,9-12H2. The highest BCUT2D eigenvalue weighted by atomic mass is 33.1. The van der Waals surface area contributed by atoms with Gasteiger partial charge in [-0.25, -0.2) is 0 Å². The second kappa shape index (κ2) is 8.49. The van der Waals surface area contributed by atoms with Crippen LogP contribution < -0.4 is 0 Å². The molecule has 0 saturated carbocycles. The maximum absolute atomic E-state index is 3.26. The Morgan fingerprint density at radius 2 is 1.41 bits per heavy atom. The lowest BCUT2D eigenvalue weighted by atomic mass is 9.99. The molecule has 2 aliphatic rings. The predicted molar refractivity (Wildman–Crippen MR) is 110 cm³/mol. The van der Waals surface area contributed by atoms with E-state index in [0.29, 0.717) is 14.6 Å². The van der Waals surface area contributed by atoms with Gasteiger partial charge in [0.1, 0.15) is 0 Å². The van der Waals surface area contributed by atoms with E-state index in [1.165, 1.54) is 11.3 Å². The molecule has 0 N–H and O–H groups in total. The van der Waals surface area contributed by atoms with Crippen molar-refractivity contribution < 1.29 is 0 Å². The molecule has 2 bridgehead atoms. The number of hydrogen-bond acceptors (Lipinski definition) is 0. The average molecular weight is 398 g/mol. The van der Waals surface area contributed by atoms with E-state index in [2.05, 4.69) is 35.7 Å². The average Bonchev–Trinajstić information content (AvgIpc) is 2.28. The summed E-state index contributed by atoms with van der Waals surface area (Å²) in [7, 11) is 14.2. The summed E-state index contributed by atoms with van der Waals surface area (Å²) in [5.74, 6) is 0. The second-order valence-corrected chi connectivity index (χ2v) is 37.4. The number of hydrogen-bond donors (Lipinski definition) is 0. The van der Waals surface area contributed by atoms with Crippen LogP contribution in [-0.4, -0.2) is 11.3 Å². The molecule has 0 aromatic carbocycles. The minimum atomic E-state index is 0.171. The van der Waals surface area contributed by atoms with Crippen molar-refractivity contribution in [1.82, 2.24) is 0 Å². The van der Waals surface area contributed by atoms with Crippen LogP contribution in [0.15, 0.2) is 0 Å². The van der Waals surface area contributed by atoms with Crippen LogP contribution in [-0.2, 0) is 0 Å². The minimum absolute atomic E-state index is 0.171. The van der Waals surface area contributed by atoms with Gasteiger partial charge in [0.15, 0.2) is 0 Å². The van der Waals surface area contributed by atoms with Crippen molar-refractivity contribution >= 4 is 72.2 Å². The molecule has 2 saturated heterocycles. The van der Waals surface area contributed by atoms with E-state index in [1.807, 2.05) is 0 Å². The summed E-state index contributed by atoms with van der Waals surface area (Å²) >= 11 is 0. The highest BCUT2D eigenvalue weighted by Gasteiger charge is 2.43. The Morgan fingerprint density at radius 1 is 0.941 bits per heavy atom. The van der Waals surface area contributed by atoms with Crippen LogP contribution in [0.4, 0.5) is 0 Å². The number of rotatable bonds is 4. The molecule has 7 atom stereocenters. The smallest absolute Gasteiger partial charge is 0.0142 e. The molecule has 7 unspecified atom stereocenters. The molecule has 0 spiro atoms. The molecule has 100 valence electrons. The molecule has 2 aliphatic heterocycles. The Labute approximate surface area is 122 Å². The Balaban J connectivity index is 2.16. The van der Waals surface area contributed by atoms with Crippen molar-refractivity contribution in [1.29, 1.82) is 0 Å². The van der Waals surface area contributed by atoms with Gasteiger partial charge in [-0.05, 0) is 58.0 Å². The minimum Gasteiger partial charge on any atom is -0.109 e. The third-order valence-corrected chi connectivity index (χ3v) is 56.0. The van der Waals surface area contributed by atoms with E-state index >= 15 is 0 Å². The first kappa shape index (κ1) is 17.2. The SMILES string of the molecule is PPP(P)P(P(P)P)P1C2CCCC1CCC2. The first-order chi connectivity index (χ1) is 8.15. The van der Waals surface area contributed by atoms with Gasteiger partial charge in [-0.1, -0.05) is 28.4 Å². The fraction of sp³-hybridized carbons (Fsp3) is 1.00. The molecule has 0 aromatic rings. The van der Waals surface area contributed by atoms with Gasteiger partial charge in [0.05, 0.1) is 0 Å². The second-order valence-electron chi connectivity index (χ2n) is 4.67. The van der Waals surface area contributed by atoms with Crippen molar-refractivity contribution in [2.24, 2.45) is 0 Å². The zero-order chi connectivity index (χ0) is 12.4. The van der Waals surface area contributed by atoms with Crippen LogP contribution in [0.25, 0.3) is 0 Å². The summed E-state index contributed by atoms with van der Waals surface area (Å²) in [5, 5.41) is 0. The van der Waals surface area contributed by atoms with Gasteiger partial charge in [-0.3, -0.25) is 0 Å². The van der Waals surface area contributed by atoms with E-state index in [-0.39, 0.29) is 14.0 Å². The van der Waals surface area contributed by atoms with Gasteiger partial charge in [0, 0.05) is 0 Å². The number of fused-ring (bicyclic) bond motifs is 2.